The maximum Gasteiger partial charge on any atom is 0.0149 e. The summed E-state index contributed by atoms with van der Waals surface area (Å²) in [5, 5.41) is 1.56. The van der Waals surface area contributed by atoms with Crippen molar-refractivity contribution in [2.24, 2.45) is 17.6 Å². The lowest BCUT2D eigenvalue weighted by Crippen LogP contribution is -2.44. The molecule has 0 aliphatic carbocycles. The molecule has 0 amide bonds. The average molecular weight is 244 g/mol. The number of hydrogen-bond donors (Lipinski definition) is 1. The van der Waals surface area contributed by atoms with Crippen molar-refractivity contribution in [2.75, 3.05) is 26.2 Å². The van der Waals surface area contributed by atoms with E-state index in [1.165, 1.54) is 26.1 Å². The van der Waals surface area contributed by atoms with Crippen LogP contribution in [0.4, 0.5) is 0 Å². The predicted octanol–water partition coefficient (Wildman–Crippen LogP) is 2.43. The van der Waals surface area contributed by atoms with E-state index in [2.05, 4.69) is 44.4 Å². The van der Waals surface area contributed by atoms with Crippen molar-refractivity contribution in [3.05, 3.63) is 0 Å². The molecule has 3 heteroatoms. The highest BCUT2D eigenvalue weighted by molar-refractivity contribution is 8.00. The lowest BCUT2D eigenvalue weighted by atomic mass is 9.96. The van der Waals surface area contributed by atoms with Crippen LogP contribution in [0.15, 0.2) is 0 Å². The van der Waals surface area contributed by atoms with Gasteiger partial charge in [0, 0.05) is 30.1 Å². The Morgan fingerprint density at radius 1 is 1.25 bits per heavy atom. The van der Waals surface area contributed by atoms with Crippen LogP contribution < -0.4 is 5.73 Å². The molecule has 2 N–H and O–H groups in total. The molecular weight excluding hydrogens is 216 g/mol. The molecule has 0 radical (unpaired) electrons. The lowest BCUT2D eigenvalue weighted by Gasteiger charge is -2.36. The van der Waals surface area contributed by atoms with Crippen LogP contribution in [-0.2, 0) is 0 Å². The van der Waals surface area contributed by atoms with Gasteiger partial charge in [0.2, 0.25) is 0 Å². The maximum absolute atomic E-state index is 5.88. The molecule has 2 nitrogen and oxygen atoms in total. The first-order valence-electron chi connectivity index (χ1n) is 6.59. The van der Waals surface area contributed by atoms with Crippen LogP contribution in [0, 0.1) is 11.8 Å². The Kier molecular flexibility index (Phi) is 6.16. The number of hydrogen-bond acceptors (Lipinski definition) is 3. The predicted molar refractivity (Wildman–Crippen MR) is 75.0 cm³/mol. The van der Waals surface area contributed by atoms with Crippen molar-refractivity contribution in [2.45, 2.75) is 44.6 Å². The van der Waals surface area contributed by atoms with Gasteiger partial charge in [0.1, 0.15) is 0 Å². The lowest BCUT2D eigenvalue weighted by molar-refractivity contribution is 0.215. The monoisotopic (exact) mass is 244 g/mol. The van der Waals surface area contributed by atoms with Crippen LogP contribution in [0.2, 0.25) is 0 Å². The molecule has 0 bridgehead atoms. The molecule has 1 heterocycles. The molecule has 1 aliphatic rings. The van der Waals surface area contributed by atoms with Crippen molar-refractivity contribution < 1.29 is 0 Å². The summed E-state index contributed by atoms with van der Waals surface area (Å²) in [5.74, 6) is 1.45. The van der Waals surface area contributed by atoms with Crippen molar-refractivity contribution >= 4 is 11.8 Å². The molecule has 96 valence electrons. The van der Waals surface area contributed by atoms with Gasteiger partial charge < -0.3 is 10.6 Å². The maximum atomic E-state index is 5.88. The summed E-state index contributed by atoms with van der Waals surface area (Å²) < 4.78 is 0. The number of rotatable bonds is 5. The third-order valence-corrected chi connectivity index (χ3v) is 4.38. The van der Waals surface area contributed by atoms with E-state index in [1.807, 2.05) is 0 Å². The molecule has 16 heavy (non-hydrogen) atoms. The first-order chi connectivity index (χ1) is 7.51. The molecule has 1 aliphatic heterocycles. The summed E-state index contributed by atoms with van der Waals surface area (Å²) in [5.41, 5.74) is 5.88. The molecule has 1 rings (SSSR count). The molecule has 0 spiro atoms. The van der Waals surface area contributed by atoms with Gasteiger partial charge in [0.25, 0.3) is 0 Å². The number of nitrogens with zero attached hydrogens (tertiary/aromatic N) is 1. The van der Waals surface area contributed by atoms with Gasteiger partial charge in [-0.3, -0.25) is 0 Å². The average Bonchev–Trinajstić information content (AvgIpc) is 2.14. The van der Waals surface area contributed by atoms with Crippen molar-refractivity contribution in [3.63, 3.8) is 0 Å². The van der Waals surface area contributed by atoms with Crippen molar-refractivity contribution in [1.29, 1.82) is 0 Å². The first kappa shape index (κ1) is 14.3. The largest absolute Gasteiger partial charge is 0.330 e. The highest BCUT2D eigenvalue weighted by atomic mass is 32.2. The van der Waals surface area contributed by atoms with Gasteiger partial charge >= 0.3 is 0 Å². The van der Waals surface area contributed by atoms with Crippen LogP contribution in [0.25, 0.3) is 0 Å². The van der Waals surface area contributed by atoms with E-state index in [0.717, 1.165) is 23.0 Å². The summed E-state index contributed by atoms with van der Waals surface area (Å²) in [6.07, 6.45) is 1.27. The Morgan fingerprint density at radius 3 is 2.25 bits per heavy atom. The molecule has 0 saturated carbocycles. The second-order valence-corrected chi connectivity index (χ2v) is 7.59. The minimum atomic E-state index is 0.683. The van der Waals surface area contributed by atoms with Gasteiger partial charge in [0.05, 0.1) is 0 Å². The second kappa shape index (κ2) is 6.87. The van der Waals surface area contributed by atoms with Gasteiger partial charge in [-0.1, -0.05) is 27.7 Å². The number of nitrogens with two attached hydrogens (primary N) is 1. The minimum absolute atomic E-state index is 0.683. The molecule has 0 aromatic carbocycles. The molecule has 0 aromatic rings. The fraction of sp³-hybridized carbons (Fsp3) is 1.00. The quantitative estimate of drug-likeness (QED) is 0.805. The van der Waals surface area contributed by atoms with Crippen molar-refractivity contribution in [1.82, 2.24) is 4.90 Å². The zero-order chi connectivity index (χ0) is 12.1. The van der Waals surface area contributed by atoms with E-state index < -0.39 is 0 Å². The third-order valence-electron chi connectivity index (χ3n) is 3.15. The normalized spacial score (nSPS) is 29.6. The van der Waals surface area contributed by atoms with Crippen LogP contribution >= 0.6 is 11.8 Å². The van der Waals surface area contributed by atoms with E-state index in [0.29, 0.717) is 5.92 Å². The van der Waals surface area contributed by atoms with E-state index in [9.17, 15) is 0 Å². The third kappa shape index (κ3) is 5.07. The zero-order valence-electron chi connectivity index (χ0n) is 11.3. The molecule has 0 aromatic heterocycles. The summed E-state index contributed by atoms with van der Waals surface area (Å²) in [6, 6.07) is 0. The van der Waals surface area contributed by atoms with Gasteiger partial charge in [-0.05, 0) is 24.8 Å². The standard InChI is InChI=1S/C13H28N2S/c1-10(2)5-13(6-14)9-15-7-11(3)16-12(4)8-15/h10-13H,5-9,14H2,1-4H3. The van der Waals surface area contributed by atoms with Crippen LogP contribution in [0.5, 0.6) is 0 Å². The smallest absolute Gasteiger partial charge is 0.0149 e. The summed E-state index contributed by atoms with van der Waals surface area (Å²) in [6.45, 7) is 13.8. The SMILES string of the molecule is CC(C)CC(CN)CN1CC(C)SC(C)C1. The molecular formula is C13H28N2S. The molecule has 3 unspecified atom stereocenters. The van der Waals surface area contributed by atoms with Crippen LogP contribution in [0.3, 0.4) is 0 Å². The number of thioether (sulfide) groups is 1. The van der Waals surface area contributed by atoms with E-state index >= 15 is 0 Å². The Bertz CT molecular complexity index is 186. The highest BCUT2D eigenvalue weighted by Crippen LogP contribution is 2.25. The van der Waals surface area contributed by atoms with Gasteiger partial charge in [0.15, 0.2) is 0 Å². The highest BCUT2D eigenvalue weighted by Gasteiger charge is 2.24. The summed E-state index contributed by atoms with van der Waals surface area (Å²) >= 11 is 2.12. The fourth-order valence-corrected chi connectivity index (χ4v) is 4.10. The van der Waals surface area contributed by atoms with E-state index in [4.69, 9.17) is 5.73 Å². The first-order valence-corrected chi connectivity index (χ1v) is 7.53. The fourth-order valence-electron chi connectivity index (χ4n) is 2.71. The topological polar surface area (TPSA) is 29.3 Å². The summed E-state index contributed by atoms with van der Waals surface area (Å²) in [7, 11) is 0. The minimum Gasteiger partial charge on any atom is -0.330 e. The molecule has 1 saturated heterocycles. The second-order valence-electron chi connectivity index (χ2n) is 5.71. The molecule has 1 fully saturated rings. The molecule has 3 atom stereocenters. The van der Waals surface area contributed by atoms with E-state index in [-0.39, 0.29) is 0 Å². The Balaban J connectivity index is 2.38. The van der Waals surface area contributed by atoms with Gasteiger partial charge in [-0.15, -0.1) is 0 Å². The Hall–Kier alpha value is 0.270. The Morgan fingerprint density at radius 2 is 1.81 bits per heavy atom. The van der Waals surface area contributed by atoms with Crippen LogP contribution in [0.1, 0.15) is 34.1 Å². The summed E-state index contributed by atoms with van der Waals surface area (Å²) in [4.78, 5) is 2.62. The van der Waals surface area contributed by atoms with Crippen LogP contribution in [-0.4, -0.2) is 41.6 Å². The Labute approximate surface area is 105 Å². The van der Waals surface area contributed by atoms with Crippen molar-refractivity contribution in [3.8, 4) is 0 Å². The van der Waals surface area contributed by atoms with E-state index in [1.54, 1.807) is 0 Å². The zero-order valence-corrected chi connectivity index (χ0v) is 12.1. The van der Waals surface area contributed by atoms with Gasteiger partial charge in [-0.25, -0.2) is 0 Å². The van der Waals surface area contributed by atoms with Gasteiger partial charge in [-0.2, -0.15) is 11.8 Å².